The summed E-state index contributed by atoms with van der Waals surface area (Å²) in [5.74, 6) is -2.09. The number of aliphatic carboxylic acids is 1. The van der Waals surface area contributed by atoms with Crippen LogP contribution in [0.5, 0.6) is 0 Å². The Hall–Kier alpha value is -2.77. The normalized spacial score (nSPS) is 14.4. The zero-order valence-electron chi connectivity index (χ0n) is 12.3. The number of amides is 2. The number of benzene rings is 1. The highest BCUT2D eigenvalue weighted by atomic mass is 19.1. The number of carbonyl (C=O) groups is 3. The summed E-state index contributed by atoms with van der Waals surface area (Å²) in [6.07, 6.45) is 0.168. The second kappa shape index (κ2) is 7.48. The maximum Gasteiger partial charge on any atom is 0.305 e. The minimum atomic E-state index is -1.01. The Bertz CT molecular complexity index is 643. The molecule has 0 atom stereocenters. The van der Waals surface area contributed by atoms with Gasteiger partial charge in [-0.25, -0.2) is 9.40 Å². The van der Waals surface area contributed by atoms with Gasteiger partial charge < -0.3 is 10.4 Å². The molecule has 0 aliphatic carbocycles. The zero-order chi connectivity index (χ0) is 16.8. The lowest BCUT2D eigenvalue weighted by Gasteiger charge is -2.23. The molecule has 0 radical (unpaired) electrons. The first kappa shape index (κ1) is 16.6. The number of hydrazone groups is 1. The third-order valence-corrected chi connectivity index (χ3v) is 3.24. The van der Waals surface area contributed by atoms with Crippen molar-refractivity contribution in [3.05, 3.63) is 35.6 Å². The van der Waals surface area contributed by atoms with Crippen LogP contribution in [0.15, 0.2) is 29.4 Å². The van der Waals surface area contributed by atoms with Gasteiger partial charge in [0.1, 0.15) is 11.5 Å². The Morgan fingerprint density at radius 1 is 1.26 bits per heavy atom. The van der Waals surface area contributed by atoms with Crippen molar-refractivity contribution < 1.29 is 23.9 Å². The predicted molar refractivity (Wildman–Crippen MR) is 78.9 cm³/mol. The van der Waals surface area contributed by atoms with Crippen LogP contribution in [0.4, 0.5) is 4.39 Å². The number of nitrogens with zero attached hydrogens (tertiary/aromatic N) is 2. The van der Waals surface area contributed by atoms with E-state index in [0.717, 1.165) is 0 Å². The summed E-state index contributed by atoms with van der Waals surface area (Å²) in [6.45, 7) is 0.143. The van der Waals surface area contributed by atoms with Crippen LogP contribution >= 0.6 is 0 Å². The predicted octanol–water partition coefficient (Wildman–Crippen LogP) is 0.895. The molecule has 0 unspecified atom stereocenters. The molecule has 2 amide bonds. The van der Waals surface area contributed by atoms with Crippen LogP contribution in [0.1, 0.15) is 24.8 Å². The fraction of sp³-hybridized carbons (Fsp3) is 0.333. The first-order valence-corrected chi connectivity index (χ1v) is 7.08. The summed E-state index contributed by atoms with van der Waals surface area (Å²) in [5.41, 5.74) is 0.869. The Kier molecular flexibility index (Phi) is 5.40. The summed E-state index contributed by atoms with van der Waals surface area (Å²) < 4.78 is 12.9. The minimum absolute atomic E-state index is 0.000898. The second-order valence-corrected chi connectivity index (χ2v) is 5.02. The van der Waals surface area contributed by atoms with Gasteiger partial charge in [0.25, 0.3) is 5.91 Å². The average Bonchev–Trinajstić information content (AvgIpc) is 2.51. The molecule has 0 saturated carbocycles. The van der Waals surface area contributed by atoms with Crippen molar-refractivity contribution in [1.29, 1.82) is 0 Å². The van der Waals surface area contributed by atoms with E-state index in [1.165, 1.54) is 17.1 Å². The number of carbonyl (C=O) groups excluding carboxylic acids is 2. The maximum atomic E-state index is 12.9. The molecule has 2 rings (SSSR count). The fourth-order valence-electron chi connectivity index (χ4n) is 2.04. The van der Waals surface area contributed by atoms with Crippen LogP contribution in [0.2, 0.25) is 0 Å². The van der Waals surface area contributed by atoms with Crippen molar-refractivity contribution in [2.75, 3.05) is 6.54 Å². The number of hydrogen-bond acceptors (Lipinski definition) is 4. The molecule has 1 aromatic carbocycles. The van der Waals surface area contributed by atoms with Crippen molar-refractivity contribution in [1.82, 2.24) is 10.3 Å². The summed E-state index contributed by atoms with van der Waals surface area (Å²) in [7, 11) is 0. The van der Waals surface area contributed by atoms with Gasteiger partial charge in [0, 0.05) is 19.4 Å². The van der Waals surface area contributed by atoms with Crippen LogP contribution in [-0.4, -0.2) is 40.2 Å². The molecule has 2 N–H and O–H groups in total. The Balaban J connectivity index is 2.01. The summed E-state index contributed by atoms with van der Waals surface area (Å²) in [5, 5.41) is 16.2. The lowest BCUT2D eigenvalue weighted by Crippen LogP contribution is -2.39. The van der Waals surface area contributed by atoms with Crippen molar-refractivity contribution in [2.45, 2.75) is 25.8 Å². The van der Waals surface area contributed by atoms with Crippen molar-refractivity contribution in [2.24, 2.45) is 5.10 Å². The van der Waals surface area contributed by atoms with E-state index in [1.54, 1.807) is 12.1 Å². The Labute approximate surface area is 131 Å². The molecule has 1 aliphatic heterocycles. The zero-order valence-corrected chi connectivity index (χ0v) is 12.3. The van der Waals surface area contributed by atoms with Crippen LogP contribution in [0, 0.1) is 5.82 Å². The summed E-state index contributed by atoms with van der Waals surface area (Å²) in [6, 6.07) is 5.65. The molecule has 1 heterocycles. The first-order valence-electron chi connectivity index (χ1n) is 7.08. The van der Waals surface area contributed by atoms with E-state index >= 15 is 0 Å². The molecular weight excluding hydrogens is 305 g/mol. The van der Waals surface area contributed by atoms with E-state index in [1.807, 2.05) is 0 Å². The number of rotatable bonds is 6. The second-order valence-electron chi connectivity index (χ2n) is 5.02. The van der Waals surface area contributed by atoms with E-state index < -0.39 is 11.9 Å². The van der Waals surface area contributed by atoms with Crippen LogP contribution < -0.4 is 5.32 Å². The lowest BCUT2D eigenvalue weighted by atomic mass is 10.1. The molecule has 7 nitrogen and oxygen atoms in total. The lowest BCUT2D eigenvalue weighted by molar-refractivity contribution is -0.137. The summed E-state index contributed by atoms with van der Waals surface area (Å²) in [4.78, 5) is 34.2. The summed E-state index contributed by atoms with van der Waals surface area (Å²) >= 11 is 0. The molecule has 0 fully saturated rings. The molecule has 0 bridgehead atoms. The molecular formula is C15H16FN3O4. The Morgan fingerprint density at radius 3 is 2.61 bits per heavy atom. The number of hydrogen-bond donors (Lipinski definition) is 2. The number of carboxylic acid groups (broad SMARTS) is 1. The van der Waals surface area contributed by atoms with Gasteiger partial charge in [0.15, 0.2) is 0 Å². The Morgan fingerprint density at radius 2 is 1.96 bits per heavy atom. The number of carboxylic acids is 1. The van der Waals surface area contributed by atoms with Gasteiger partial charge in [-0.3, -0.25) is 14.4 Å². The van der Waals surface area contributed by atoms with E-state index in [0.29, 0.717) is 5.56 Å². The SMILES string of the molecule is O=C(O)CCNC(=O)C1=NN(Cc2ccc(F)cc2)C(=O)CC1. The molecule has 0 spiro atoms. The standard InChI is InChI=1S/C15H16FN3O4/c16-11-3-1-10(2-4-11)9-19-13(20)6-5-12(18-19)15(23)17-8-7-14(21)22/h1-4H,5-9H2,(H,17,23)(H,21,22). The van der Waals surface area contributed by atoms with Crippen LogP contribution in [-0.2, 0) is 20.9 Å². The van der Waals surface area contributed by atoms with Gasteiger partial charge in [0.05, 0.1) is 13.0 Å². The largest absolute Gasteiger partial charge is 0.481 e. The molecule has 0 aromatic heterocycles. The highest BCUT2D eigenvalue weighted by Crippen LogP contribution is 2.14. The van der Waals surface area contributed by atoms with Gasteiger partial charge >= 0.3 is 5.97 Å². The van der Waals surface area contributed by atoms with Gasteiger partial charge in [0.2, 0.25) is 5.91 Å². The van der Waals surface area contributed by atoms with E-state index in [4.69, 9.17) is 5.11 Å². The van der Waals surface area contributed by atoms with Crippen molar-refractivity contribution in [3.63, 3.8) is 0 Å². The molecule has 1 aromatic rings. The highest BCUT2D eigenvalue weighted by Gasteiger charge is 2.24. The van der Waals surface area contributed by atoms with Gasteiger partial charge in [-0.05, 0) is 17.7 Å². The minimum Gasteiger partial charge on any atom is -0.481 e. The third kappa shape index (κ3) is 4.87. The fourth-order valence-corrected chi connectivity index (χ4v) is 2.04. The van der Waals surface area contributed by atoms with E-state index in [-0.39, 0.29) is 49.8 Å². The van der Waals surface area contributed by atoms with Crippen molar-refractivity contribution in [3.8, 4) is 0 Å². The van der Waals surface area contributed by atoms with Crippen LogP contribution in [0.25, 0.3) is 0 Å². The molecule has 1 aliphatic rings. The highest BCUT2D eigenvalue weighted by molar-refractivity contribution is 6.39. The molecule has 0 saturated heterocycles. The molecule has 23 heavy (non-hydrogen) atoms. The number of halogens is 1. The average molecular weight is 321 g/mol. The maximum absolute atomic E-state index is 12.9. The monoisotopic (exact) mass is 321 g/mol. The van der Waals surface area contributed by atoms with Gasteiger partial charge in [-0.1, -0.05) is 12.1 Å². The van der Waals surface area contributed by atoms with Crippen LogP contribution in [0.3, 0.4) is 0 Å². The molecule has 122 valence electrons. The van der Waals surface area contributed by atoms with E-state index in [2.05, 4.69) is 10.4 Å². The van der Waals surface area contributed by atoms with Gasteiger partial charge in [-0.15, -0.1) is 0 Å². The quantitative estimate of drug-likeness (QED) is 0.813. The molecule has 8 heteroatoms. The topological polar surface area (TPSA) is 99.1 Å². The number of nitrogens with one attached hydrogen (secondary N) is 1. The van der Waals surface area contributed by atoms with E-state index in [9.17, 15) is 18.8 Å². The van der Waals surface area contributed by atoms with Gasteiger partial charge in [-0.2, -0.15) is 5.10 Å². The van der Waals surface area contributed by atoms with Crippen molar-refractivity contribution >= 4 is 23.5 Å². The third-order valence-electron chi connectivity index (χ3n) is 3.24. The first-order chi connectivity index (χ1) is 11.0. The smallest absolute Gasteiger partial charge is 0.305 e.